The third kappa shape index (κ3) is 3.74. The predicted octanol–water partition coefficient (Wildman–Crippen LogP) is 4.26. The maximum absolute atomic E-state index is 12.6. The first-order valence-electron chi connectivity index (χ1n) is 6.17. The highest BCUT2D eigenvalue weighted by atomic mass is 32.2. The molecule has 2 aromatic carbocycles. The number of non-ortho nitro benzene ring substituents is 1. The van der Waals surface area contributed by atoms with E-state index in [9.17, 15) is 33.4 Å². The van der Waals surface area contributed by atoms with Crippen LogP contribution in [-0.4, -0.2) is 9.85 Å². The molecule has 2 N–H and O–H groups in total. The van der Waals surface area contributed by atoms with Gasteiger partial charge in [0.25, 0.3) is 11.4 Å². The van der Waals surface area contributed by atoms with Crippen LogP contribution in [0.4, 0.5) is 30.2 Å². The molecule has 2 rings (SSSR count). The number of nitro benzene ring substituents is 2. The normalized spacial score (nSPS) is 11.3. The first-order chi connectivity index (χ1) is 11.1. The molecule has 0 fully saturated rings. The van der Waals surface area contributed by atoms with E-state index < -0.39 is 33.0 Å². The lowest BCUT2D eigenvalue weighted by molar-refractivity contribution is -0.396. The van der Waals surface area contributed by atoms with Crippen molar-refractivity contribution < 1.29 is 23.0 Å². The average Bonchev–Trinajstić information content (AvgIpc) is 2.48. The number of hydrogen-bond donors (Lipinski definition) is 1. The number of hydrogen-bond acceptors (Lipinski definition) is 6. The van der Waals surface area contributed by atoms with E-state index in [4.69, 9.17) is 5.73 Å². The fourth-order valence-corrected chi connectivity index (χ4v) is 2.71. The van der Waals surface area contributed by atoms with Crippen LogP contribution in [0.3, 0.4) is 0 Å². The summed E-state index contributed by atoms with van der Waals surface area (Å²) >= 11 is 0.752. The van der Waals surface area contributed by atoms with Crippen LogP contribution >= 0.6 is 11.8 Å². The zero-order valence-electron chi connectivity index (χ0n) is 11.6. The second-order valence-corrected chi connectivity index (χ2v) is 5.60. The highest BCUT2D eigenvalue weighted by molar-refractivity contribution is 7.99. The van der Waals surface area contributed by atoms with E-state index in [1.165, 1.54) is 0 Å². The maximum atomic E-state index is 12.6. The Morgan fingerprint density at radius 1 is 0.958 bits per heavy atom. The van der Waals surface area contributed by atoms with Crippen LogP contribution < -0.4 is 5.73 Å². The number of anilines is 1. The summed E-state index contributed by atoms with van der Waals surface area (Å²) in [4.78, 5) is 20.3. The van der Waals surface area contributed by atoms with Gasteiger partial charge in [-0.1, -0.05) is 11.8 Å². The SMILES string of the molecule is Nc1cc(C(F)(F)F)ccc1Sc1ccc([N+](=O)[O-])cc1[N+](=O)[O-]. The number of benzene rings is 2. The van der Waals surface area contributed by atoms with E-state index in [2.05, 4.69) is 0 Å². The van der Waals surface area contributed by atoms with E-state index in [-0.39, 0.29) is 15.5 Å². The van der Waals surface area contributed by atoms with Gasteiger partial charge in [0.2, 0.25) is 0 Å². The van der Waals surface area contributed by atoms with Crippen molar-refractivity contribution in [1.82, 2.24) is 0 Å². The summed E-state index contributed by atoms with van der Waals surface area (Å²) in [7, 11) is 0. The number of nitrogens with two attached hydrogens (primary N) is 1. The zero-order valence-corrected chi connectivity index (χ0v) is 12.4. The molecule has 0 aromatic heterocycles. The van der Waals surface area contributed by atoms with Crippen LogP contribution in [0.1, 0.15) is 5.56 Å². The summed E-state index contributed by atoms with van der Waals surface area (Å²) in [5.41, 5.74) is 3.42. The molecule has 0 bridgehead atoms. The number of nitrogen functional groups attached to an aromatic ring is 1. The van der Waals surface area contributed by atoms with Crippen LogP contribution in [0, 0.1) is 20.2 Å². The summed E-state index contributed by atoms with van der Waals surface area (Å²) in [5, 5.41) is 21.7. The number of nitrogens with zero attached hydrogens (tertiary/aromatic N) is 2. The standard InChI is InChI=1S/C13H8F3N3O4S/c14-13(15,16)7-1-3-11(9(17)5-7)24-12-4-2-8(18(20)21)6-10(12)19(22)23/h1-6H,17H2. The van der Waals surface area contributed by atoms with Gasteiger partial charge in [0.1, 0.15) is 0 Å². The van der Waals surface area contributed by atoms with Gasteiger partial charge in [-0.05, 0) is 24.3 Å². The van der Waals surface area contributed by atoms with Crippen molar-refractivity contribution in [2.45, 2.75) is 16.0 Å². The number of alkyl halides is 3. The van der Waals surface area contributed by atoms with Gasteiger partial charge < -0.3 is 5.73 Å². The average molecular weight is 359 g/mol. The molecule has 2 aromatic rings. The fraction of sp³-hybridized carbons (Fsp3) is 0.0769. The van der Waals surface area contributed by atoms with E-state index in [1.54, 1.807) is 0 Å². The monoisotopic (exact) mass is 359 g/mol. The van der Waals surface area contributed by atoms with Crippen LogP contribution in [0.2, 0.25) is 0 Å². The molecular formula is C13H8F3N3O4S. The number of rotatable bonds is 4. The van der Waals surface area contributed by atoms with E-state index in [1.807, 2.05) is 0 Å². The van der Waals surface area contributed by atoms with Gasteiger partial charge in [-0.3, -0.25) is 20.2 Å². The fourth-order valence-electron chi connectivity index (χ4n) is 1.78. The largest absolute Gasteiger partial charge is 0.416 e. The smallest absolute Gasteiger partial charge is 0.398 e. The molecule has 0 spiro atoms. The van der Waals surface area contributed by atoms with Crippen LogP contribution in [-0.2, 0) is 6.18 Å². The minimum Gasteiger partial charge on any atom is -0.398 e. The van der Waals surface area contributed by atoms with Crippen molar-refractivity contribution >= 4 is 28.8 Å². The zero-order chi connectivity index (χ0) is 18.1. The molecule has 0 atom stereocenters. The molecule has 0 heterocycles. The number of nitro groups is 2. The van der Waals surface area contributed by atoms with Crippen molar-refractivity contribution in [2.24, 2.45) is 0 Å². The first-order valence-corrected chi connectivity index (χ1v) is 6.98. The van der Waals surface area contributed by atoms with Crippen LogP contribution in [0.5, 0.6) is 0 Å². The molecule has 0 aliphatic heterocycles. The topological polar surface area (TPSA) is 112 Å². The molecule has 7 nitrogen and oxygen atoms in total. The molecule has 0 amide bonds. The Morgan fingerprint density at radius 3 is 2.08 bits per heavy atom. The Morgan fingerprint density at radius 2 is 1.58 bits per heavy atom. The lowest BCUT2D eigenvalue weighted by Crippen LogP contribution is -2.05. The summed E-state index contributed by atoms with van der Waals surface area (Å²) in [6, 6.07) is 5.61. The van der Waals surface area contributed by atoms with Gasteiger partial charge in [-0.15, -0.1) is 0 Å². The summed E-state index contributed by atoms with van der Waals surface area (Å²) in [5.74, 6) is 0. The third-order valence-electron chi connectivity index (χ3n) is 2.91. The van der Waals surface area contributed by atoms with Crippen molar-refractivity contribution in [3.05, 3.63) is 62.2 Å². The second kappa shape index (κ2) is 6.35. The molecule has 0 radical (unpaired) electrons. The predicted molar refractivity (Wildman–Crippen MR) is 79.7 cm³/mol. The van der Waals surface area contributed by atoms with Gasteiger partial charge in [-0.2, -0.15) is 13.2 Å². The Labute approximate surface area is 136 Å². The van der Waals surface area contributed by atoms with Crippen molar-refractivity contribution in [1.29, 1.82) is 0 Å². The Balaban J connectivity index is 2.41. The minimum atomic E-state index is -4.56. The Bertz CT molecular complexity index is 827. The molecule has 0 aliphatic rings. The van der Waals surface area contributed by atoms with E-state index >= 15 is 0 Å². The lowest BCUT2D eigenvalue weighted by atomic mass is 10.2. The molecule has 11 heteroatoms. The minimum absolute atomic E-state index is 0.0251. The lowest BCUT2D eigenvalue weighted by Gasteiger charge is -2.10. The summed E-state index contributed by atoms with van der Waals surface area (Å²) < 4.78 is 37.8. The van der Waals surface area contributed by atoms with Gasteiger partial charge in [0.15, 0.2) is 0 Å². The highest BCUT2D eigenvalue weighted by Crippen LogP contribution is 2.41. The van der Waals surface area contributed by atoms with Crippen molar-refractivity contribution in [2.75, 3.05) is 5.73 Å². The van der Waals surface area contributed by atoms with Gasteiger partial charge in [0, 0.05) is 16.6 Å². The number of halogens is 3. The van der Waals surface area contributed by atoms with Crippen molar-refractivity contribution in [3.8, 4) is 0 Å². The van der Waals surface area contributed by atoms with Crippen molar-refractivity contribution in [3.63, 3.8) is 0 Å². The van der Waals surface area contributed by atoms with Crippen LogP contribution in [0.25, 0.3) is 0 Å². The summed E-state index contributed by atoms with van der Waals surface area (Å²) in [6.45, 7) is 0. The van der Waals surface area contributed by atoms with Gasteiger partial charge in [0.05, 0.1) is 26.4 Å². The third-order valence-corrected chi connectivity index (χ3v) is 4.06. The summed E-state index contributed by atoms with van der Waals surface area (Å²) in [6.07, 6.45) is -4.56. The molecule has 0 saturated carbocycles. The highest BCUT2D eigenvalue weighted by Gasteiger charge is 2.31. The van der Waals surface area contributed by atoms with Gasteiger partial charge >= 0.3 is 6.18 Å². The van der Waals surface area contributed by atoms with Gasteiger partial charge in [-0.25, -0.2) is 0 Å². The molecule has 24 heavy (non-hydrogen) atoms. The second-order valence-electron chi connectivity index (χ2n) is 4.52. The Hall–Kier alpha value is -2.82. The first kappa shape index (κ1) is 17.5. The molecule has 126 valence electrons. The van der Waals surface area contributed by atoms with Crippen LogP contribution in [0.15, 0.2) is 46.2 Å². The maximum Gasteiger partial charge on any atom is 0.416 e. The quantitative estimate of drug-likeness (QED) is 0.496. The molecular weight excluding hydrogens is 351 g/mol. The molecule has 0 unspecified atom stereocenters. The molecule has 0 saturated heterocycles. The van der Waals surface area contributed by atoms with E-state index in [0.29, 0.717) is 0 Å². The molecule has 0 aliphatic carbocycles. The van der Waals surface area contributed by atoms with E-state index in [0.717, 1.165) is 48.2 Å². The Kier molecular flexibility index (Phi) is 4.64.